The van der Waals surface area contributed by atoms with Crippen LogP contribution in [0.15, 0.2) is 18.2 Å². The summed E-state index contributed by atoms with van der Waals surface area (Å²) in [6.45, 7) is 6.94. The normalized spacial score (nSPS) is 22.9. The maximum atomic E-state index is 13.1. The molecule has 2 amide bonds. The zero-order valence-electron chi connectivity index (χ0n) is 16.1. The van der Waals surface area contributed by atoms with E-state index in [4.69, 9.17) is 4.74 Å². The zero-order valence-corrected chi connectivity index (χ0v) is 16.9. The molecule has 3 rings (SSSR count). The van der Waals surface area contributed by atoms with Crippen molar-refractivity contribution in [1.82, 2.24) is 4.90 Å². The Kier molecular flexibility index (Phi) is 6.09. The van der Waals surface area contributed by atoms with Crippen molar-refractivity contribution in [3.8, 4) is 0 Å². The Bertz CT molecular complexity index is 751. The molecule has 27 heavy (non-hydrogen) atoms. The molecule has 1 aromatic carbocycles. The third kappa shape index (κ3) is 3.98. The Morgan fingerprint density at radius 1 is 1.30 bits per heavy atom. The maximum absolute atomic E-state index is 13.1. The highest BCUT2D eigenvalue weighted by atomic mass is 32.2. The first kappa shape index (κ1) is 19.7. The van der Waals surface area contributed by atoms with E-state index in [1.807, 2.05) is 32.0 Å². The minimum absolute atomic E-state index is 0.0406. The van der Waals surface area contributed by atoms with E-state index in [2.05, 4.69) is 0 Å². The first-order valence-electron chi connectivity index (χ1n) is 9.35. The SMILES string of the molecule is CCOC(=O)[C@H]1CSCCN1C(=O)[C@H]1CC(=O)N(c2cccc(C)c2C)C1. The monoisotopic (exact) mass is 390 g/mol. The Morgan fingerprint density at radius 3 is 2.81 bits per heavy atom. The lowest BCUT2D eigenvalue weighted by Crippen LogP contribution is -2.53. The van der Waals surface area contributed by atoms with Gasteiger partial charge in [-0.1, -0.05) is 12.1 Å². The van der Waals surface area contributed by atoms with Crippen LogP contribution in [0.2, 0.25) is 0 Å². The molecule has 2 aliphatic rings. The number of rotatable bonds is 4. The molecule has 146 valence electrons. The number of thioether (sulfide) groups is 1. The molecule has 2 atom stereocenters. The van der Waals surface area contributed by atoms with Gasteiger partial charge in [-0.3, -0.25) is 9.59 Å². The van der Waals surface area contributed by atoms with E-state index in [0.717, 1.165) is 22.6 Å². The van der Waals surface area contributed by atoms with Gasteiger partial charge in [-0.15, -0.1) is 0 Å². The highest BCUT2D eigenvalue weighted by Crippen LogP contribution is 2.31. The smallest absolute Gasteiger partial charge is 0.329 e. The number of anilines is 1. The second kappa shape index (κ2) is 8.33. The maximum Gasteiger partial charge on any atom is 0.329 e. The summed E-state index contributed by atoms with van der Waals surface area (Å²) < 4.78 is 5.14. The van der Waals surface area contributed by atoms with Gasteiger partial charge in [-0.2, -0.15) is 11.8 Å². The second-order valence-corrected chi connectivity index (χ2v) is 8.15. The summed E-state index contributed by atoms with van der Waals surface area (Å²) in [5, 5.41) is 0. The van der Waals surface area contributed by atoms with Crippen molar-refractivity contribution in [2.24, 2.45) is 5.92 Å². The summed E-state index contributed by atoms with van der Waals surface area (Å²) in [6, 6.07) is 5.31. The summed E-state index contributed by atoms with van der Waals surface area (Å²) in [6.07, 6.45) is 0.186. The highest BCUT2D eigenvalue weighted by Gasteiger charge is 2.42. The largest absolute Gasteiger partial charge is 0.464 e. The fourth-order valence-electron chi connectivity index (χ4n) is 3.67. The van der Waals surface area contributed by atoms with E-state index in [-0.39, 0.29) is 24.2 Å². The lowest BCUT2D eigenvalue weighted by Gasteiger charge is -2.35. The minimum Gasteiger partial charge on any atom is -0.464 e. The molecule has 0 spiro atoms. The topological polar surface area (TPSA) is 66.9 Å². The van der Waals surface area contributed by atoms with Crippen molar-refractivity contribution >= 4 is 35.2 Å². The predicted molar refractivity (Wildman–Crippen MR) is 106 cm³/mol. The van der Waals surface area contributed by atoms with E-state index in [9.17, 15) is 14.4 Å². The van der Waals surface area contributed by atoms with E-state index in [0.29, 0.717) is 25.4 Å². The van der Waals surface area contributed by atoms with Crippen LogP contribution >= 0.6 is 11.8 Å². The average molecular weight is 391 g/mol. The Labute approximate surface area is 164 Å². The van der Waals surface area contributed by atoms with Gasteiger partial charge in [0.1, 0.15) is 6.04 Å². The van der Waals surface area contributed by atoms with Crippen LogP contribution in [0, 0.1) is 19.8 Å². The fourth-order valence-corrected chi connectivity index (χ4v) is 4.70. The number of ether oxygens (including phenoxy) is 1. The van der Waals surface area contributed by atoms with Crippen LogP contribution in [0.5, 0.6) is 0 Å². The molecule has 2 fully saturated rings. The molecule has 0 radical (unpaired) electrons. The molecule has 2 aliphatic heterocycles. The van der Waals surface area contributed by atoms with Gasteiger partial charge in [0.25, 0.3) is 0 Å². The molecular formula is C20H26N2O4S. The zero-order chi connectivity index (χ0) is 19.6. The molecule has 0 unspecified atom stereocenters. The Hall–Kier alpha value is -2.02. The number of esters is 1. The van der Waals surface area contributed by atoms with Gasteiger partial charge in [0.2, 0.25) is 11.8 Å². The van der Waals surface area contributed by atoms with Crippen molar-refractivity contribution in [3.05, 3.63) is 29.3 Å². The minimum atomic E-state index is -0.555. The van der Waals surface area contributed by atoms with Gasteiger partial charge in [0, 0.05) is 36.7 Å². The Balaban J connectivity index is 1.76. The van der Waals surface area contributed by atoms with Gasteiger partial charge in [-0.05, 0) is 38.0 Å². The molecule has 0 N–H and O–H groups in total. The van der Waals surface area contributed by atoms with Crippen LogP contribution in [0.4, 0.5) is 5.69 Å². The summed E-state index contributed by atoms with van der Waals surface area (Å²) in [5.74, 6) is 0.413. The van der Waals surface area contributed by atoms with Crippen LogP contribution in [0.1, 0.15) is 24.5 Å². The quantitative estimate of drug-likeness (QED) is 0.737. The third-order valence-corrected chi connectivity index (χ3v) is 6.33. The number of hydrogen-bond acceptors (Lipinski definition) is 5. The number of nitrogens with zero attached hydrogens (tertiary/aromatic N) is 2. The molecule has 0 bridgehead atoms. The molecule has 0 aliphatic carbocycles. The molecule has 7 heteroatoms. The van der Waals surface area contributed by atoms with E-state index in [1.165, 1.54) is 0 Å². The average Bonchev–Trinajstić information content (AvgIpc) is 3.05. The van der Waals surface area contributed by atoms with Crippen molar-refractivity contribution in [2.45, 2.75) is 33.2 Å². The first-order valence-corrected chi connectivity index (χ1v) is 10.5. The van der Waals surface area contributed by atoms with E-state index < -0.39 is 12.0 Å². The molecule has 0 aromatic heterocycles. The highest BCUT2D eigenvalue weighted by molar-refractivity contribution is 7.99. The molecule has 2 saturated heterocycles. The lowest BCUT2D eigenvalue weighted by molar-refractivity contribution is -0.155. The van der Waals surface area contributed by atoms with Crippen LogP contribution in [0.3, 0.4) is 0 Å². The predicted octanol–water partition coefficient (Wildman–Crippen LogP) is 2.16. The number of aryl methyl sites for hydroxylation is 1. The van der Waals surface area contributed by atoms with Crippen LogP contribution in [-0.4, -0.2) is 59.9 Å². The van der Waals surface area contributed by atoms with Crippen molar-refractivity contribution in [3.63, 3.8) is 0 Å². The number of amides is 2. The molecule has 6 nitrogen and oxygen atoms in total. The number of hydrogen-bond donors (Lipinski definition) is 0. The van der Waals surface area contributed by atoms with E-state index >= 15 is 0 Å². The van der Waals surface area contributed by atoms with Crippen molar-refractivity contribution in [1.29, 1.82) is 0 Å². The first-order chi connectivity index (χ1) is 12.9. The molecule has 2 heterocycles. The van der Waals surface area contributed by atoms with Crippen LogP contribution < -0.4 is 4.90 Å². The van der Waals surface area contributed by atoms with Gasteiger partial charge >= 0.3 is 5.97 Å². The third-order valence-electron chi connectivity index (χ3n) is 5.31. The van der Waals surface area contributed by atoms with Crippen molar-refractivity contribution in [2.75, 3.05) is 36.1 Å². The molecular weight excluding hydrogens is 364 g/mol. The Morgan fingerprint density at radius 2 is 2.07 bits per heavy atom. The van der Waals surface area contributed by atoms with Crippen LogP contribution in [-0.2, 0) is 19.1 Å². The number of carbonyl (C=O) groups excluding carboxylic acids is 3. The van der Waals surface area contributed by atoms with Crippen LogP contribution in [0.25, 0.3) is 0 Å². The van der Waals surface area contributed by atoms with Gasteiger partial charge < -0.3 is 14.5 Å². The fraction of sp³-hybridized carbons (Fsp3) is 0.550. The summed E-state index contributed by atoms with van der Waals surface area (Å²) in [7, 11) is 0. The number of benzene rings is 1. The van der Waals surface area contributed by atoms with Crippen molar-refractivity contribution < 1.29 is 19.1 Å². The van der Waals surface area contributed by atoms with Gasteiger partial charge in [-0.25, -0.2) is 4.79 Å². The summed E-state index contributed by atoms with van der Waals surface area (Å²) in [5.41, 5.74) is 3.04. The van der Waals surface area contributed by atoms with Gasteiger partial charge in [0.05, 0.1) is 12.5 Å². The second-order valence-electron chi connectivity index (χ2n) is 7.00. The lowest BCUT2D eigenvalue weighted by atomic mass is 10.1. The molecule has 0 saturated carbocycles. The standard InChI is InChI=1S/C20H26N2O4S/c1-4-26-20(25)17-12-27-9-8-21(17)19(24)15-10-18(23)22(11-15)16-7-5-6-13(2)14(16)3/h5-7,15,17H,4,8-12H2,1-3H3/t15-,17+/m0/s1. The summed E-state index contributed by atoms with van der Waals surface area (Å²) >= 11 is 1.65. The molecule has 1 aromatic rings. The van der Waals surface area contributed by atoms with Gasteiger partial charge in [0.15, 0.2) is 0 Å². The van der Waals surface area contributed by atoms with E-state index in [1.54, 1.807) is 28.5 Å². The summed E-state index contributed by atoms with van der Waals surface area (Å²) in [4.78, 5) is 41.3. The number of carbonyl (C=O) groups is 3.